The zero-order valence-electron chi connectivity index (χ0n) is 17.3. The van der Waals surface area contributed by atoms with Crippen molar-refractivity contribution >= 4 is 22.8 Å². The first-order valence-electron chi connectivity index (χ1n) is 10.4. The van der Waals surface area contributed by atoms with Crippen molar-refractivity contribution in [2.24, 2.45) is 0 Å². The number of hydrogen-bond donors (Lipinski definition) is 2. The van der Waals surface area contributed by atoms with Crippen molar-refractivity contribution in [2.75, 3.05) is 18.5 Å². The minimum absolute atomic E-state index is 0.290. The van der Waals surface area contributed by atoms with Gasteiger partial charge in [0, 0.05) is 48.5 Å². The molecule has 1 amide bonds. The molecule has 1 fully saturated rings. The van der Waals surface area contributed by atoms with E-state index in [0.29, 0.717) is 34.5 Å². The Bertz CT molecular complexity index is 1270. The number of carbonyl (C=O) groups excluding carboxylic acids is 1. The Balaban J connectivity index is 1.40. The molecule has 3 aromatic heterocycles. The van der Waals surface area contributed by atoms with Gasteiger partial charge in [0.05, 0.1) is 18.4 Å². The Morgan fingerprint density at radius 1 is 1.31 bits per heavy atom. The van der Waals surface area contributed by atoms with Gasteiger partial charge in [-0.25, -0.2) is 9.97 Å². The minimum Gasteiger partial charge on any atom is -0.437 e. The van der Waals surface area contributed by atoms with E-state index in [1.54, 1.807) is 30.5 Å². The second-order valence-electron chi connectivity index (χ2n) is 7.48. The summed E-state index contributed by atoms with van der Waals surface area (Å²) in [5.41, 5.74) is 3.83. The normalized spacial score (nSPS) is 14.4. The molecule has 1 aliphatic rings. The topological polar surface area (TPSA) is 107 Å². The van der Waals surface area contributed by atoms with Crippen LogP contribution in [0.4, 0.5) is 5.69 Å². The molecule has 32 heavy (non-hydrogen) atoms. The van der Waals surface area contributed by atoms with Crippen LogP contribution in [-0.2, 0) is 9.53 Å². The number of anilines is 1. The van der Waals surface area contributed by atoms with E-state index in [2.05, 4.69) is 31.9 Å². The van der Waals surface area contributed by atoms with Crippen LogP contribution < -0.4 is 10.1 Å². The van der Waals surface area contributed by atoms with Crippen molar-refractivity contribution in [3.8, 4) is 22.8 Å². The lowest BCUT2D eigenvalue weighted by Crippen LogP contribution is -2.19. The number of amides is 1. The lowest BCUT2D eigenvalue weighted by Gasteiger charge is -2.22. The van der Waals surface area contributed by atoms with Crippen LogP contribution in [0.5, 0.6) is 11.6 Å². The highest BCUT2D eigenvalue weighted by Gasteiger charge is 2.18. The number of carbonyl (C=O) groups is 1. The summed E-state index contributed by atoms with van der Waals surface area (Å²) in [4.78, 5) is 23.8. The van der Waals surface area contributed by atoms with Gasteiger partial charge in [-0.2, -0.15) is 5.10 Å². The Morgan fingerprint density at radius 2 is 2.19 bits per heavy atom. The predicted molar refractivity (Wildman–Crippen MR) is 120 cm³/mol. The molecule has 0 unspecified atom stereocenters. The van der Waals surface area contributed by atoms with Gasteiger partial charge in [0.15, 0.2) is 5.65 Å². The molecule has 9 heteroatoms. The van der Waals surface area contributed by atoms with E-state index in [1.165, 1.54) is 6.08 Å². The van der Waals surface area contributed by atoms with Crippen LogP contribution in [0.1, 0.15) is 18.9 Å². The first-order valence-corrected chi connectivity index (χ1v) is 10.4. The third kappa shape index (κ3) is 4.10. The van der Waals surface area contributed by atoms with Gasteiger partial charge >= 0.3 is 0 Å². The van der Waals surface area contributed by atoms with Crippen LogP contribution in [0.3, 0.4) is 0 Å². The molecule has 0 aliphatic carbocycles. The fraction of sp³-hybridized carbons (Fsp3) is 0.217. The molecule has 4 aromatic rings. The highest BCUT2D eigenvalue weighted by molar-refractivity contribution is 5.99. The average molecular weight is 430 g/mol. The van der Waals surface area contributed by atoms with Crippen molar-refractivity contribution in [2.45, 2.75) is 18.9 Å². The van der Waals surface area contributed by atoms with Crippen molar-refractivity contribution in [1.82, 2.24) is 24.7 Å². The second kappa shape index (κ2) is 8.64. The van der Waals surface area contributed by atoms with E-state index in [4.69, 9.17) is 9.47 Å². The molecule has 0 bridgehead atoms. The van der Waals surface area contributed by atoms with Crippen LogP contribution in [-0.4, -0.2) is 43.9 Å². The standard InChI is InChI=1S/C23H22N6O3/c1-2-20(30)27-16-4-3-5-18(10-16)32-21-13-25-23-22(28-21)19(12-24-23)15-11-26-29(14-15)17-6-8-31-9-7-17/h2-5,10-14,17H,1,6-9H2,(H,24,25)(H,27,30). The summed E-state index contributed by atoms with van der Waals surface area (Å²) in [7, 11) is 0. The zero-order valence-corrected chi connectivity index (χ0v) is 17.3. The van der Waals surface area contributed by atoms with Crippen molar-refractivity contribution in [1.29, 1.82) is 0 Å². The maximum absolute atomic E-state index is 11.5. The summed E-state index contributed by atoms with van der Waals surface area (Å²) < 4.78 is 13.4. The maximum atomic E-state index is 11.5. The number of nitrogens with zero attached hydrogens (tertiary/aromatic N) is 4. The van der Waals surface area contributed by atoms with Crippen LogP contribution in [0.2, 0.25) is 0 Å². The molecule has 162 valence electrons. The third-order valence-corrected chi connectivity index (χ3v) is 5.35. The van der Waals surface area contributed by atoms with E-state index in [9.17, 15) is 4.79 Å². The van der Waals surface area contributed by atoms with Crippen LogP contribution in [0.25, 0.3) is 22.3 Å². The number of aromatic nitrogens is 5. The van der Waals surface area contributed by atoms with E-state index in [1.807, 2.05) is 23.3 Å². The van der Waals surface area contributed by atoms with Crippen LogP contribution in [0.15, 0.2) is 61.7 Å². The average Bonchev–Trinajstić information content (AvgIpc) is 3.47. The summed E-state index contributed by atoms with van der Waals surface area (Å²) in [6.07, 6.45) is 10.5. The smallest absolute Gasteiger partial charge is 0.247 e. The van der Waals surface area contributed by atoms with Gasteiger partial charge in [-0.1, -0.05) is 12.6 Å². The number of ether oxygens (including phenoxy) is 2. The van der Waals surface area contributed by atoms with Gasteiger partial charge in [-0.05, 0) is 31.1 Å². The van der Waals surface area contributed by atoms with Crippen molar-refractivity contribution < 1.29 is 14.3 Å². The summed E-state index contributed by atoms with van der Waals surface area (Å²) in [5, 5.41) is 7.27. The van der Waals surface area contributed by atoms with E-state index < -0.39 is 0 Å². The number of rotatable bonds is 6. The maximum Gasteiger partial charge on any atom is 0.247 e. The van der Waals surface area contributed by atoms with Gasteiger partial charge in [-0.15, -0.1) is 0 Å². The summed E-state index contributed by atoms with van der Waals surface area (Å²) in [5.74, 6) is 0.592. The number of nitrogens with one attached hydrogen (secondary N) is 2. The van der Waals surface area contributed by atoms with E-state index in [0.717, 1.165) is 37.2 Å². The summed E-state index contributed by atoms with van der Waals surface area (Å²) in [6, 6.07) is 7.39. The van der Waals surface area contributed by atoms with Crippen molar-refractivity contribution in [3.05, 3.63) is 61.7 Å². The van der Waals surface area contributed by atoms with Gasteiger partial charge in [0.1, 0.15) is 11.3 Å². The van der Waals surface area contributed by atoms with Crippen LogP contribution >= 0.6 is 0 Å². The number of benzene rings is 1. The summed E-state index contributed by atoms with van der Waals surface area (Å²) in [6.45, 7) is 4.98. The van der Waals surface area contributed by atoms with Gasteiger partial charge in [0.25, 0.3) is 0 Å². The molecule has 9 nitrogen and oxygen atoms in total. The second-order valence-corrected chi connectivity index (χ2v) is 7.48. The van der Waals surface area contributed by atoms with Crippen LogP contribution in [0, 0.1) is 0 Å². The molecule has 5 rings (SSSR count). The van der Waals surface area contributed by atoms with Gasteiger partial charge in [0.2, 0.25) is 11.8 Å². The molecule has 0 spiro atoms. The molecule has 1 aromatic carbocycles. The largest absolute Gasteiger partial charge is 0.437 e. The number of fused-ring (bicyclic) bond motifs is 1. The molecule has 1 aliphatic heterocycles. The molecule has 0 saturated carbocycles. The fourth-order valence-electron chi connectivity index (χ4n) is 3.72. The van der Waals surface area contributed by atoms with E-state index in [-0.39, 0.29) is 5.91 Å². The lowest BCUT2D eigenvalue weighted by atomic mass is 10.1. The number of H-pyrrole nitrogens is 1. The zero-order chi connectivity index (χ0) is 21.9. The molecular formula is C23H22N6O3. The summed E-state index contributed by atoms with van der Waals surface area (Å²) >= 11 is 0. The third-order valence-electron chi connectivity index (χ3n) is 5.35. The van der Waals surface area contributed by atoms with Crippen molar-refractivity contribution in [3.63, 3.8) is 0 Å². The molecular weight excluding hydrogens is 408 g/mol. The SMILES string of the molecule is C=CC(=O)Nc1cccc(Oc2cnc3[nH]cc(-c4cnn(C5CCOCC5)c4)c3n2)c1. The quantitative estimate of drug-likeness (QED) is 0.446. The Morgan fingerprint density at radius 3 is 3.03 bits per heavy atom. The number of hydrogen-bond acceptors (Lipinski definition) is 6. The van der Waals surface area contributed by atoms with Gasteiger partial charge < -0.3 is 19.8 Å². The highest BCUT2D eigenvalue weighted by Crippen LogP contribution is 2.30. The molecule has 4 heterocycles. The Hall–Kier alpha value is -3.98. The minimum atomic E-state index is -0.290. The monoisotopic (exact) mass is 430 g/mol. The molecule has 0 atom stereocenters. The highest BCUT2D eigenvalue weighted by atomic mass is 16.5. The number of aromatic amines is 1. The molecule has 1 saturated heterocycles. The Labute approximate surface area is 184 Å². The lowest BCUT2D eigenvalue weighted by molar-refractivity contribution is -0.111. The molecule has 0 radical (unpaired) electrons. The first-order chi connectivity index (χ1) is 15.7. The predicted octanol–water partition coefficient (Wildman–Crippen LogP) is 4.09. The first kappa shape index (κ1) is 20.0. The van der Waals surface area contributed by atoms with Gasteiger partial charge in [-0.3, -0.25) is 9.48 Å². The fourth-order valence-corrected chi connectivity index (χ4v) is 3.72. The van der Waals surface area contributed by atoms with E-state index >= 15 is 0 Å². The molecule has 2 N–H and O–H groups in total. The Kier molecular flexibility index (Phi) is 5.39.